The Morgan fingerprint density at radius 2 is 2.06 bits per heavy atom. The summed E-state index contributed by atoms with van der Waals surface area (Å²) in [6.07, 6.45) is 1.78. The van der Waals surface area contributed by atoms with Crippen LogP contribution in [-0.2, 0) is 11.3 Å². The first-order valence-electron chi connectivity index (χ1n) is 5.68. The molecule has 2 unspecified atom stereocenters. The van der Waals surface area contributed by atoms with Gasteiger partial charge in [0.1, 0.15) is 0 Å². The first-order valence-corrected chi connectivity index (χ1v) is 5.68. The van der Waals surface area contributed by atoms with E-state index in [-0.39, 0.29) is 12.0 Å². The summed E-state index contributed by atoms with van der Waals surface area (Å²) in [7, 11) is 0. The molecule has 86 valence electrons. The van der Waals surface area contributed by atoms with Gasteiger partial charge in [-0.2, -0.15) is 0 Å². The maximum atomic E-state index is 10.8. The van der Waals surface area contributed by atoms with Gasteiger partial charge in [0.25, 0.3) is 0 Å². The smallest absolute Gasteiger partial charge is 0.308 e. The van der Waals surface area contributed by atoms with Crippen LogP contribution in [0.2, 0.25) is 0 Å². The molecule has 1 fully saturated rings. The largest absolute Gasteiger partial charge is 0.481 e. The second-order valence-corrected chi connectivity index (χ2v) is 4.50. The molecule has 0 amide bonds. The normalized spacial score (nSPS) is 23.8. The molecule has 1 aliphatic rings. The van der Waals surface area contributed by atoms with Crippen LogP contribution in [0.1, 0.15) is 24.0 Å². The van der Waals surface area contributed by atoms with Crippen molar-refractivity contribution in [3.8, 4) is 0 Å². The summed E-state index contributed by atoms with van der Waals surface area (Å²) in [5.74, 6) is -0.863. The second-order valence-electron chi connectivity index (χ2n) is 4.50. The van der Waals surface area contributed by atoms with Crippen molar-refractivity contribution in [1.82, 2.24) is 5.32 Å². The Hall–Kier alpha value is -1.35. The number of nitrogens with one attached hydrogen (secondary N) is 1. The minimum absolute atomic E-state index is 0.152. The Balaban J connectivity index is 1.84. The summed E-state index contributed by atoms with van der Waals surface area (Å²) in [5, 5.41) is 12.2. The van der Waals surface area contributed by atoms with Crippen LogP contribution in [0.15, 0.2) is 24.3 Å². The van der Waals surface area contributed by atoms with Crippen LogP contribution in [0, 0.1) is 12.8 Å². The van der Waals surface area contributed by atoms with E-state index in [0.717, 1.165) is 19.4 Å². The van der Waals surface area contributed by atoms with Crippen LogP contribution in [0.3, 0.4) is 0 Å². The average Bonchev–Trinajstić information content (AvgIpc) is 2.18. The third-order valence-corrected chi connectivity index (χ3v) is 3.28. The summed E-state index contributed by atoms with van der Waals surface area (Å²) in [6, 6.07) is 8.46. The summed E-state index contributed by atoms with van der Waals surface area (Å²) < 4.78 is 0. The molecule has 1 aliphatic carbocycles. The lowest BCUT2D eigenvalue weighted by atomic mass is 9.79. The quantitative estimate of drug-likeness (QED) is 0.813. The molecule has 3 heteroatoms. The highest BCUT2D eigenvalue weighted by Gasteiger charge is 2.35. The SMILES string of the molecule is Cc1ccc(CNC2CCC2C(=O)O)cc1. The molecule has 0 radical (unpaired) electrons. The van der Waals surface area contributed by atoms with E-state index in [4.69, 9.17) is 5.11 Å². The van der Waals surface area contributed by atoms with Gasteiger partial charge in [-0.15, -0.1) is 0 Å². The van der Waals surface area contributed by atoms with E-state index in [2.05, 4.69) is 36.5 Å². The van der Waals surface area contributed by atoms with Gasteiger partial charge in [-0.3, -0.25) is 4.79 Å². The molecule has 0 spiro atoms. The Morgan fingerprint density at radius 3 is 2.56 bits per heavy atom. The number of carbonyl (C=O) groups is 1. The fourth-order valence-electron chi connectivity index (χ4n) is 1.99. The van der Waals surface area contributed by atoms with E-state index in [1.807, 2.05) is 0 Å². The zero-order valence-corrected chi connectivity index (χ0v) is 9.44. The molecule has 0 aromatic heterocycles. The molecule has 2 rings (SSSR count). The number of benzene rings is 1. The Kier molecular flexibility index (Phi) is 3.25. The first-order chi connectivity index (χ1) is 7.66. The van der Waals surface area contributed by atoms with E-state index < -0.39 is 5.97 Å². The van der Waals surface area contributed by atoms with Crippen LogP contribution >= 0.6 is 0 Å². The average molecular weight is 219 g/mol. The summed E-state index contributed by atoms with van der Waals surface area (Å²) in [4.78, 5) is 10.8. The van der Waals surface area contributed by atoms with E-state index in [9.17, 15) is 4.79 Å². The van der Waals surface area contributed by atoms with Crippen molar-refractivity contribution in [3.63, 3.8) is 0 Å². The molecule has 1 aromatic rings. The van der Waals surface area contributed by atoms with Crippen molar-refractivity contribution in [3.05, 3.63) is 35.4 Å². The lowest BCUT2D eigenvalue weighted by Crippen LogP contribution is -2.47. The van der Waals surface area contributed by atoms with Gasteiger partial charge in [-0.25, -0.2) is 0 Å². The number of aryl methyl sites for hydroxylation is 1. The fourth-order valence-corrected chi connectivity index (χ4v) is 1.99. The maximum Gasteiger partial charge on any atom is 0.308 e. The highest BCUT2D eigenvalue weighted by Crippen LogP contribution is 2.27. The third-order valence-electron chi connectivity index (χ3n) is 3.28. The zero-order chi connectivity index (χ0) is 11.5. The minimum atomic E-state index is -0.673. The molecule has 0 heterocycles. The van der Waals surface area contributed by atoms with Crippen molar-refractivity contribution in [2.45, 2.75) is 32.4 Å². The molecule has 1 aromatic carbocycles. The fraction of sp³-hybridized carbons (Fsp3) is 0.462. The molecule has 1 saturated carbocycles. The van der Waals surface area contributed by atoms with E-state index in [0.29, 0.717) is 0 Å². The van der Waals surface area contributed by atoms with Crippen LogP contribution in [0.25, 0.3) is 0 Å². The Bertz CT molecular complexity index is 372. The van der Waals surface area contributed by atoms with Gasteiger partial charge >= 0.3 is 5.97 Å². The summed E-state index contributed by atoms with van der Waals surface area (Å²) in [5.41, 5.74) is 2.46. The van der Waals surface area contributed by atoms with Gasteiger partial charge in [-0.1, -0.05) is 29.8 Å². The molecular formula is C13H17NO2. The number of hydrogen-bond donors (Lipinski definition) is 2. The number of carboxylic acid groups (broad SMARTS) is 1. The predicted octanol–water partition coefficient (Wildman–Crippen LogP) is 1.95. The van der Waals surface area contributed by atoms with Crippen molar-refractivity contribution in [2.24, 2.45) is 5.92 Å². The molecule has 0 aliphatic heterocycles. The highest BCUT2D eigenvalue weighted by atomic mass is 16.4. The number of rotatable bonds is 4. The molecule has 0 saturated heterocycles. The van der Waals surface area contributed by atoms with Gasteiger partial charge in [0.15, 0.2) is 0 Å². The van der Waals surface area contributed by atoms with Crippen LogP contribution in [0.4, 0.5) is 0 Å². The van der Waals surface area contributed by atoms with Crippen molar-refractivity contribution in [1.29, 1.82) is 0 Å². The highest BCUT2D eigenvalue weighted by molar-refractivity contribution is 5.72. The lowest BCUT2D eigenvalue weighted by molar-refractivity contribution is -0.146. The van der Waals surface area contributed by atoms with Crippen molar-refractivity contribution < 1.29 is 9.90 Å². The van der Waals surface area contributed by atoms with Crippen molar-refractivity contribution >= 4 is 5.97 Å². The Morgan fingerprint density at radius 1 is 1.38 bits per heavy atom. The maximum absolute atomic E-state index is 10.8. The second kappa shape index (κ2) is 4.66. The van der Waals surface area contributed by atoms with Crippen LogP contribution in [0.5, 0.6) is 0 Å². The van der Waals surface area contributed by atoms with E-state index >= 15 is 0 Å². The Labute approximate surface area is 95.5 Å². The standard InChI is InChI=1S/C13H17NO2/c1-9-2-4-10(5-3-9)8-14-12-7-6-11(12)13(15)16/h2-5,11-12,14H,6-8H2,1H3,(H,15,16). The van der Waals surface area contributed by atoms with Gasteiger partial charge in [0.05, 0.1) is 5.92 Å². The van der Waals surface area contributed by atoms with Gasteiger partial charge in [-0.05, 0) is 25.3 Å². The van der Waals surface area contributed by atoms with E-state index in [1.165, 1.54) is 11.1 Å². The number of hydrogen-bond acceptors (Lipinski definition) is 2. The molecular weight excluding hydrogens is 202 g/mol. The number of carboxylic acids is 1. The number of aliphatic carboxylic acids is 1. The van der Waals surface area contributed by atoms with Gasteiger partial charge < -0.3 is 10.4 Å². The minimum Gasteiger partial charge on any atom is -0.481 e. The summed E-state index contributed by atoms with van der Waals surface area (Å²) >= 11 is 0. The molecule has 3 nitrogen and oxygen atoms in total. The van der Waals surface area contributed by atoms with Crippen LogP contribution in [-0.4, -0.2) is 17.1 Å². The molecule has 2 N–H and O–H groups in total. The van der Waals surface area contributed by atoms with Gasteiger partial charge in [0, 0.05) is 12.6 Å². The van der Waals surface area contributed by atoms with Crippen molar-refractivity contribution in [2.75, 3.05) is 0 Å². The van der Waals surface area contributed by atoms with Gasteiger partial charge in [0.2, 0.25) is 0 Å². The third kappa shape index (κ3) is 2.42. The first kappa shape index (κ1) is 11.1. The molecule has 16 heavy (non-hydrogen) atoms. The lowest BCUT2D eigenvalue weighted by Gasteiger charge is -2.34. The predicted molar refractivity (Wildman–Crippen MR) is 62.2 cm³/mol. The monoisotopic (exact) mass is 219 g/mol. The summed E-state index contributed by atoms with van der Waals surface area (Å²) in [6.45, 7) is 2.82. The molecule has 2 atom stereocenters. The van der Waals surface area contributed by atoms with Crippen LogP contribution < -0.4 is 5.32 Å². The van der Waals surface area contributed by atoms with E-state index in [1.54, 1.807) is 0 Å². The molecule has 0 bridgehead atoms. The topological polar surface area (TPSA) is 49.3 Å². The zero-order valence-electron chi connectivity index (χ0n) is 9.44.